The highest BCUT2D eigenvalue weighted by molar-refractivity contribution is 14.1. The molecule has 7 heteroatoms. The van der Waals surface area contributed by atoms with Gasteiger partial charge in [-0.05, 0) is 42.5 Å². The van der Waals surface area contributed by atoms with Gasteiger partial charge in [0.2, 0.25) is 0 Å². The average Bonchev–Trinajstić information content (AvgIpc) is 2.28. The zero-order chi connectivity index (χ0) is 14.6. The van der Waals surface area contributed by atoms with Crippen LogP contribution in [0.1, 0.15) is 24.2 Å². The molecule has 0 heterocycles. The highest BCUT2D eigenvalue weighted by atomic mass is 127. The van der Waals surface area contributed by atoms with Crippen molar-refractivity contribution < 1.29 is 14.5 Å². The van der Waals surface area contributed by atoms with Gasteiger partial charge in [0, 0.05) is 22.8 Å². The normalized spacial score (nSPS) is 11.2. The van der Waals surface area contributed by atoms with Crippen LogP contribution in [0.3, 0.4) is 0 Å². The lowest BCUT2D eigenvalue weighted by molar-refractivity contribution is -0.384. The van der Waals surface area contributed by atoms with E-state index < -0.39 is 10.5 Å². The van der Waals surface area contributed by atoms with E-state index in [1.54, 1.807) is 13.2 Å². The Kier molecular flexibility index (Phi) is 5.24. The van der Waals surface area contributed by atoms with Crippen LogP contribution in [0.4, 0.5) is 5.69 Å². The number of amides is 1. The fourth-order valence-electron chi connectivity index (χ4n) is 1.57. The fourth-order valence-corrected chi connectivity index (χ4v) is 2.15. The van der Waals surface area contributed by atoms with E-state index in [4.69, 9.17) is 4.74 Å². The van der Waals surface area contributed by atoms with Gasteiger partial charge in [0.1, 0.15) is 0 Å². The van der Waals surface area contributed by atoms with Crippen LogP contribution in [0.5, 0.6) is 0 Å². The average molecular weight is 378 g/mol. The molecule has 1 amide bonds. The van der Waals surface area contributed by atoms with Crippen molar-refractivity contribution in [3.8, 4) is 0 Å². The van der Waals surface area contributed by atoms with Gasteiger partial charge in [-0.15, -0.1) is 0 Å². The molecular weight excluding hydrogens is 363 g/mol. The van der Waals surface area contributed by atoms with Gasteiger partial charge < -0.3 is 10.1 Å². The van der Waals surface area contributed by atoms with E-state index in [0.717, 1.165) is 0 Å². The van der Waals surface area contributed by atoms with Crippen molar-refractivity contribution in [3.05, 3.63) is 37.4 Å². The van der Waals surface area contributed by atoms with Gasteiger partial charge in [-0.3, -0.25) is 14.9 Å². The number of hydrogen-bond acceptors (Lipinski definition) is 4. The standard InChI is InChI=1S/C12H15IN2O4/c1-12(2,7-19-3)14-11(16)9-6-8(15(17)18)4-5-10(9)13/h4-6H,7H2,1-3H3,(H,14,16). The number of methoxy groups -OCH3 is 1. The predicted octanol–water partition coefficient (Wildman–Crippen LogP) is 2.35. The number of nitrogens with one attached hydrogen (secondary N) is 1. The van der Waals surface area contributed by atoms with Gasteiger partial charge in [-0.2, -0.15) is 0 Å². The Bertz CT molecular complexity index is 503. The second-order valence-corrected chi connectivity index (χ2v) is 5.85. The molecule has 0 fully saturated rings. The van der Waals surface area contributed by atoms with E-state index in [1.807, 2.05) is 36.4 Å². The number of non-ortho nitro benzene ring substituents is 1. The number of nitro benzene ring substituents is 1. The number of rotatable bonds is 5. The van der Waals surface area contributed by atoms with Crippen LogP contribution in [0.25, 0.3) is 0 Å². The second-order valence-electron chi connectivity index (χ2n) is 4.69. The monoisotopic (exact) mass is 378 g/mol. The van der Waals surface area contributed by atoms with E-state index in [1.165, 1.54) is 12.1 Å². The molecule has 0 aromatic heterocycles. The third-order valence-corrected chi connectivity index (χ3v) is 3.30. The molecule has 1 aromatic rings. The van der Waals surface area contributed by atoms with Crippen molar-refractivity contribution in [2.24, 2.45) is 0 Å². The minimum Gasteiger partial charge on any atom is -0.382 e. The molecule has 1 rings (SSSR count). The van der Waals surface area contributed by atoms with Gasteiger partial charge in [0.05, 0.1) is 22.6 Å². The lowest BCUT2D eigenvalue weighted by Crippen LogP contribution is -2.47. The first-order valence-electron chi connectivity index (χ1n) is 5.52. The number of benzene rings is 1. The summed E-state index contributed by atoms with van der Waals surface area (Å²) in [6.45, 7) is 3.99. The molecule has 0 saturated heterocycles. The number of nitrogens with zero attached hydrogens (tertiary/aromatic N) is 1. The van der Waals surface area contributed by atoms with Crippen molar-refractivity contribution in [1.82, 2.24) is 5.32 Å². The predicted molar refractivity (Wildman–Crippen MR) is 79.2 cm³/mol. The summed E-state index contributed by atoms with van der Waals surface area (Å²) in [6.07, 6.45) is 0. The summed E-state index contributed by atoms with van der Waals surface area (Å²) >= 11 is 1.97. The number of halogens is 1. The summed E-state index contributed by atoms with van der Waals surface area (Å²) in [5.41, 5.74) is -0.353. The first kappa shape index (κ1) is 15.8. The van der Waals surface area contributed by atoms with E-state index in [9.17, 15) is 14.9 Å². The molecule has 1 N–H and O–H groups in total. The summed E-state index contributed by atoms with van der Waals surface area (Å²) in [5, 5.41) is 13.5. The smallest absolute Gasteiger partial charge is 0.270 e. The molecular formula is C12H15IN2O4. The Morgan fingerprint density at radius 2 is 2.16 bits per heavy atom. The maximum absolute atomic E-state index is 12.1. The molecule has 0 bridgehead atoms. The summed E-state index contributed by atoms with van der Waals surface area (Å²) in [7, 11) is 1.55. The fraction of sp³-hybridized carbons (Fsp3) is 0.417. The van der Waals surface area contributed by atoms with Crippen molar-refractivity contribution in [3.63, 3.8) is 0 Å². The lowest BCUT2D eigenvalue weighted by atomic mass is 10.1. The molecule has 0 saturated carbocycles. The quantitative estimate of drug-likeness (QED) is 0.485. The van der Waals surface area contributed by atoms with Gasteiger partial charge in [-0.25, -0.2) is 0 Å². The molecule has 0 aliphatic heterocycles. The van der Waals surface area contributed by atoms with E-state index in [2.05, 4.69) is 5.32 Å². The summed E-state index contributed by atoms with van der Waals surface area (Å²) in [5.74, 6) is -0.352. The first-order chi connectivity index (χ1) is 8.76. The Hall–Kier alpha value is -1.22. The molecule has 1 aromatic carbocycles. The van der Waals surface area contributed by atoms with Crippen LogP contribution in [-0.4, -0.2) is 30.1 Å². The summed E-state index contributed by atoms with van der Waals surface area (Å²) in [6, 6.07) is 4.20. The number of hydrogen-bond donors (Lipinski definition) is 1. The van der Waals surface area contributed by atoms with E-state index >= 15 is 0 Å². The molecule has 19 heavy (non-hydrogen) atoms. The third kappa shape index (κ3) is 4.43. The topological polar surface area (TPSA) is 81.5 Å². The summed E-state index contributed by atoms with van der Waals surface area (Å²) < 4.78 is 5.67. The summed E-state index contributed by atoms with van der Waals surface area (Å²) in [4.78, 5) is 22.3. The maximum Gasteiger partial charge on any atom is 0.270 e. The maximum atomic E-state index is 12.1. The van der Waals surface area contributed by atoms with Crippen LogP contribution >= 0.6 is 22.6 Å². The SMILES string of the molecule is COCC(C)(C)NC(=O)c1cc([N+](=O)[O-])ccc1I. The Morgan fingerprint density at radius 3 is 2.68 bits per heavy atom. The van der Waals surface area contributed by atoms with Crippen molar-refractivity contribution in [1.29, 1.82) is 0 Å². The molecule has 6 nitrogen and oxygen atoms in total. The van der Waals surface area contributed by atoms with E-state index in [-0.39, 0.29) is 11.6 Å². The molecule has 0 unspecified atom stereocenters. The van der Waals surface area contributed by atoms with Gasteiger partial charge >= 0.3 is 0 Å². The lowest BCUT2D eigenvalue weighted by Gasteiger charge is -2.25. The minimum atomic E-state index is -0.542. The minimum absolute atomic E-state index is 0.102. The van der Waals surface area contributed by atoms with Crippen LogP contribution < -0.4 is 5.32 Å². The first-order valence-corrected chi connectivity index (χ1v) is 6.60. The highest BCUT2D eigenvalue weighted by Crippen LogP contribution is 2.20. The number of nitro groups is 1. The van der Waals surface area contributed by atoms with Crippen molar-refractivity contribution in [2.45, 2.75) is 19.4 Å². The van der Waals surface area contributed by atoms with Gasteiger partial charge in [-0.1, -0.05) is 0 Å². The van der Waals surface area contributed by atoms with Crippen LogP contribution in [0.15, 0.2) is 18.2 Å². The molecule has 0 radical (unpaired) electrons. The molecule has 104 valence electrons. The van der Waals surface area contributed by atoms with Crippen molar-refractivity contribution in [2.75, 3.05) is 13.7 Å². The van der Waals surface area contributed by atoms with Crippen LogP contribution in [-0.2, 0) is 4.74 Å². The third-order valence-electron chi connectivity index (χ3n) is 2.36. The van der Waals surface area contributed by atoms with Gasteiger partial charge in [0.15, 0.2) is 0 Å². The zero-order valence-corrected chi connectivity index (χ0v) is 13.1. The zero-order valence-electron chi connectivity index (χ0n) is 10.9. The van der Waals surface area contributed by atoms with E-state index in [0.29, 0.717) is 15.7 Å². The van der Waals surface area contributed by atoms with Crippen LogP contribution in [0, 0.1) is 13.7 Å². The number of carbonyl (C=O) groups is 1. The number of ether oxygens (including phenoxy) is 1. The largest absolute Gasteiger partial charge is 0.382 e. The Balaban J connectivity index is 2.99. The Morgan fingerprint density at radius 1 is 1.53 bits per heavy atom. The van der Waals surface area contributed by atoms with Crippen molar-refractivity contribution >= 4 is 34.2 Å². The molecule has 0 aliphatic carbocycles. The Labute approximate surface area is 124 Å². The molecule has 0 spiro atoms. The molecule has 0 aliphatic rings. The second kappa shape index (κ2) is 6.29. The highest BCUT2D eigenvalue weighted by Gasteiger charge is 2.23. The number of carbonyl (C=O) groups excluding carboxylic acids is 1. The van der Waals surface area contributed by atoms with Gasteiger partial charge in [0.25, 0.3) is 11.6 Å². The molecule has 0 atom stereocenters. The van der Waals surface area contributed by atoms with Crippen LogP contribution in [0.2, 0.25) is 0 Å².